The summed E-state index contributed by atoms with van der Waals surface area (Å²) in [6.45, 7) is 0.920. The first-order valence-electron chi connectivity index (χ1n) is 6.74. The maximum atomic E-state index is 12.6. The number of nitrogens with zero attached hydrogens (tertiary/aromatic N) is 2. The molecular formula is C13H23N3O2S2. The Hall–Kier alpha value is -0.470. The first-order chi connectivity index (χ1) is 9.32. The molecule has 1 saturated carbocycles. The quantitative estimate of drug-likeness (QED) is 0.859. The van der Waals surface area contributed by atoms with Crippen molar-refractivity contribution >= 4 is 21.4 Å². The van der Waals surface area contributed by atoms with E-state index in [1.165, 1.54) is 22.1 Å². The van der Waals surface area contributed by atoms with Gasteiger partial charge in [0.05, 0.1) is 0 Å². The van der Waals surface area contributed by atoms with Crippen molar-refractivity contribution in [3.05, 3.63) is 17.0 Å². The maximum Gasteiger partial charge on any atom is 0.252 e. The molecule has 1 aliphatic carbocycles. The summed E-state index contributed by atoms with van der Waals surface area (Å²) in [6.07, 6.45) is 3.28. The van der Waals surface area contributed by atoms with Crippen LogP contribution in [0.25, 0.3) is 0 Å². The van der Waals surface area contributed by atoms with Crippen LogP contribution in [0, 0.1) is 0 Å². The summed E-state index contributed by atoms with van der Waals surface area (Å²) >= 11 is 1.26. The van der Waals surface area contributed by atoms with Gasteiger partial charge < -0.3 is 10.6 Å². The third kappa shape index (κ3) is 2.78. The number of thiophene rings is 1. The standard InChI is InChI=1S/C13H23N3O2S2/c1-15(2)13(7-4-8-13)10-16(3)20(17,18)12-6-5-11(9-14)19-12/h5-6H,4,7-10,14H2,1-3H3. The summed E-state index contributed by atoms with van der Waals surface area (Å²) in [6, 6.07) is 3.44. The van der Waals surface area contributed by atoms with Crippen LogP contribution in [-0.2, 0) is 16.6 Å². The molecule has 0 saturated heterocycles. The van der Waals surface area contributed by atoms with Gasteiger partial charge in [-0.1, -0.05) is 0 Å². The highest BCUT2D eigenvalue weighted by Crippen LogP contribution is 2.37. The van der Waals surface area contributed by atoms with Gasteiger partial charge in [-0.2, -0.15) is 4.31 Å². The fourth-order valence-corrected chi connectivity index (χ4v) is 5.29. The second kappa shape index (κ2) is 5.73. The molecule has 20 heavy (non-hydrogen) atoms. The van der Waals surface area contributed by atoms with Gasteiger partial charge in [0.2, 0.25) is 0 Å². The van der Waals surface area contributed by atoms with Crippen molar-refractivity contribution < 1.29 is 8.42 Å². The second-order valence-corrected chi connectivity index (χ2v) is 9.10. The van der Waals surface area contributed by atoms with E-state index in [0.29, 0.717) is 17.3 Å². The highest BCUT2D eigenvalue weighted by molar-refractivity contribution is 7.91. The summed E-state index contributed by atoms with van der Waals surface area (Å²) in [5.74, 6) is 0. The molecule has 0 aliphatic heterocycles. The van der Waals surface area contributed by atoms with E-state index in [1.54, 1.807) is 19.2 Å². The Balaban J connectivity index is 2.17. The largest absolute Gasteiger partial charge is 0.326 e. The van der Waals surface area contributed by atoms with E-state index < -0.39 is 10.0 Å². The molecule has 0 unspecified atom stereocenters. The van der Waals surface area contributed by atoms with Crippen molar-refractivity contribution in [2.45, 2.75) is 35.6 Å². The van der Waals surface area contributed by atoms with Gasteiger partial charge in [-0.3, -0.25) is 0 Å². The monoisotopic (exact) mass is 317 g/mol. The predicted molar refractivity (Wildman–Crippen MR) is 82.3 cm³/mol. The lowest BCUT2D eigenvalue weighted by atomic mass is 9.75. The van der Waals surface area contributed by atoms with Crippen molar-refractivity contribution in [3.8, 4) is 0 Å². The van der Waals surface area contributed by atoms with Crippen LogP contribution in [0.2, 0.25) is 0 Å². The summed E-state index contributed by atoms with van der Waals surface area (Å²) in [7, 11) is 2.32. The summed E-state index contributed by atoms with van der Waals surface area (Å²) in [5.41, 5.74) is 5.55. The smallest absolute Gasteiger partial charge is 0.252 e. The van der Waals surface area contributed by atoms with Crippen molar-refractivity contribution in [1.82, 2.24) is 9.21 Å². The number of hydrogen-bond acceptors (Lipinski definition) is 5. The molecule has 114 valence electrons. The highest BCUT2D eigenvalue weighted by Gasteiger charge is 2.42. The number of nitrogens with two attached hydrogens (primary N) is 1. The van der Waals surface area contributed by atoms with E-state index in [9.17, 15) is 8.42 Å². The van der Waals surface area contributed by atoms with Gasteiger partial charge in [0.1, 0.15) is 4.21 Å². The summed E-state index contributed by atoms with van der Waals surface area (Å²) < 4.78 is 27.0. The highest BCUT2D eigenvalue weighted by atomic mass is 32.2. The summed E-state index contributed by atoms with van der Waals surface area (Å²) in [5, 5.41) is 0. The molecule has 1 aromatic heterocycles. The van der Waals surface area contributed by atoms with Gasteiger partial charge in [-0.25, -0.2) is 8.42 Å². The molecule has 1 aromatic rings. The van der Waals surface area contributed by atoms with Gasteiger partial charge in [0.25, 0.3) is 10.0 Å². The zero-order valence-electron chi connectivity index (χ0n) is 12.3. The molecule has 1 heterocycles. The lowest BCUT2D eigenvalue weighted by molar-refractivity contribution is 0.0455. The Morgan fingerprint density at radius 2 is 1.95 bits per heavy atom. The summed E-state index contributed by atoms with van der Waals surface area (Å²) in [4.78, 5) is 3.05. The molecule has 0 radical (unpaired) electrons. The fraction of sp³-hybridized carbons (Fsp3) is 0.692. The van der Waals surface area contributed by atoms with Crippen molar-refractivity contribution in [3.63, 3.8) is 0 Å². The lowest BCUT2D eigenvalue weighted by Gasteiger charge is -2.48. The zero-order valence-corrected chi connectivity index (χ0v) is 13.9. The Morgan fingerprint density at radius 3 is 2.35 bits per heavy atom. The predicted octanol–water partition coefficient (Wildman–Crippen LogP) is 1.31. The minimum atomic E-state index is -3.40. The zero-order chi connectivity index (χ0) is 15.0. The first kappa shape index (κ1) is 15.9. The van der Waals surface area contributed by atoms with Gasteiger partial charge in [-0.05, 0) is 45.5 Å². The lowest BCUT2D eigenvalue weighted by Crippen LogP contribution is -2.57. The van der Waals surface area contributed by atoms with Gasteiger partial charge >= 0.3 is 0 Å². The van der Waals surface area contributed by atoms with Crippen LogP contribution in [0.4, 0.5) is 0 Å². The molecule has 1 fully saturated rings. The molecule has 0 aromatic carbocycles. The minimum Gasteiger partial charge on any atom is -0.326 e. The van der Waals surface area contributed by atoms with Crippen molar-refractivity contribution in [1.29, 1.82) is 0 Å². The van der Waals surface area contributed by atoms with Crippen molar-refractivity contribution in [2.24, 2.45) is 5.73 Å². The van der Waals surface area contributed by atoms with E-state index in [2.05, 4.69) is 4.90 Å². The van der Waals surface area contributed by atoms with Crippen LogP contribution < -0.4 is 5.73 Å². The van der Waals surface area contributed by atoms with Crippen LogP contribution in [0.3, 0.4) is 0 Å². The molecule has 2 N–H and O–H groups in total. The SMILES string of the molecule is CN(C)C1(CN(C)S(=O)(=O)c2ccc(CN)s2)CCC1. The third-order valence-corrected chi connectivity index (χ3v) is 7.63. The fourth-order valence-electron chi connectivity index (χ4n) is 2.59. The average molecular weight is 317 g/mol. The van der Waals surface area contributed by atoms with Crippen LogP contribution in [0.15, 0.2) is 16.3 Å². The van der Waals surface area contributed by atoms with Crippen molar-refractivity contribution in [2.75, 3.05) is 27.7 Å². The average Bonchev–Trinajstić information content (AvgIpc) is 2.82. The number of rotatable bonds is 6. The van der Waals surface area contributed by atoms with Crippen LogP contribution in [0.5, 0.6) is 0 Å². The van der Waals surface area contributed by atoms with E-state index in [4.69, 9.17) is 5.73 Å². The van der Waals surface area contributed by atoms with Gasteiger partial charge in [0, 0.05) is 30.6 Å². The van der Waals surface area contributed by atoms with Gasteiger partial charge in [0.15, 0.2) is 0 Å². The normalized spacial score (nSPS) is 18.5. The Bertz CT molecular complexity index is 562. The molecule has 0 atom stereocenters. The van der Waals surface area contributed by atoms with Crippen LogP contribution >= 0.6 is 11.3 Å². The van der Waals surface area contributed by atoms with E-state index in [-0.39, 0.29) is 5.54 Å². The molecule has 0 bridgehead atoms. The number of hydrogen-bond donors (Lipinski definition) is 1. The second-order valence-electron chi connectivity index (χ2n) is 5.66. The molecule has 2 rings (SSSR count). The molecular weight excluding hydrogens is 294 g/mol. The van der Waals surface area contributed by atoms with Gasteiger partial charge in [-0.15, -0.1) is 11.3 Å². The Morgan fingerprint density at radius 1 is 1.30 bits per heavy atom. The Kier molecular flexibility index (Phi) is 4.56. The molecule has 0 spiro atoms. The third-order valence-electron chi connectivity index (χ3n) is 4.25. The van der Waals surface area contributed by atoms with Crippen LogP contribution in [-0.4, -0.2) is 50.8 Å². The molecule has 1 aliphatic rings. The Labute approximate surface area is 125 Å². The first-order valence-corrected chi connectivity index (χ1v) is 9.00. The van der Waals surface area contributed by atoms with E-state index in [1.807, 2.05) is 14.1 Å². The van der Waals surface area contributed by atoms with Crippen LogP contribution in [0.1, 0.15) is 24.1 Å². The van der Waals surface area contributed by atoms with E-state index >= 15 is 0 Å². The number of sulfonamides is 1. The molecule has 5 nitrogen and oxygen atoms in total. The number of likely N-dealkylation sites (N-methyl/N-ethyl adjacent to an activating group) is 2. The van der Waals surface area contributed by atoms with E-state index in [0.717, 1.165) is 17.7 Å². The minimum absolute atomic E-state index is 0.00419. The molecule has 0 amide bonds. The maximum absolute atomic E-state index is 12.6. The molecule has 7 heteroatoms. The topological polar surface area (TPSA) is 66.6 Å².